The molecule has 0 aliphatic carbocycles. The van der Waals surface area contributed by atoms with Gasteiger partial charge in [0.05, 0.1) is 0 Å². The SMILES string of the molecule is CCOCCCCCCCCCCCCC#C[Si]1(C)CCC1. The van der Waals surface area contributed by atoms with Crippen LogP contribution in [-0.4, -0.2) is 21.3 Å². The standard InChI is InChI=1S/C20H38OSi/c1-3-21-17-14-12-10-8-6-4-5-7-9-11-13-15-18-22(2)19-16-20-22/h3-14,16-17,19-20H2,1-2H3. The molecule has 0 radical (unpaired) electrons. The van der Waals surface area contributed by atoms with E-state index < -0.39 is 8.07 Å². The van der Waals surface area contributed by atoms with Crippen LogP contribution in [0.25, 0.3) is 0 Å². The molecule has 1 saturated heterocycles. The fraction of sp³-hybridized carbons (Fsp3) is 0.900. The van der Waals surface area contributed by atoms with Crippen LogP contribution in [-0.2, 0) is 4.74 Å². The first-order valence-electron chi connectivity index (χ1n) is 9.85. The van der Waals surface area contributed by atoms with Crippen LogP contribution in [0.4, 0.5) is 0 Å². The van der Waals surface area contributed by atoms with E-state index in [1.807, 2.05) is 0 Å². The van der Waals surface area contributed by atoms with E-state index in [1.165, 1.54) is 82.7 Å². The second kappa shape index (κ2) is 13.2. The van der Waals surface area contributed by atoms with Crippen molar-refractivity contribution in [2.24, 2.45) is 0 Å². The van der Waals surface area contributed by atoms with Crippen molar-refractivity contribution < 1.29 is 4.74 Å². The lowest BCUT2D eigenvalue weighted by Crippen LogP contribution is -2.36. The quantitative estimate of drug-likeness (QED) is 0.218. The molecule has 0 bridgehead atoms. The van der Waals surface area contributed by atoms with Crippen LogP contribution in [0, 0.1) is 11.5 Å². The maximum Gasteiger partial charge on any atom is 0.135 e. The lowest BCUT2D eigenvalue weighted by atomic mass is 10.1. The van der Waals surface area contributed by atoms with Gasteiger partial charge in [-0.25, -0.2) is 0 Å². The van der Waals surface area contributed by atoms with E-state index in [0.29, 0.717) is 0 Å². The zero-order valence-corrected chi connectivity index (χ0v) is 16.2. The summed E-state index contributed by atoms with van der Waals surface area (Å²) < 4.78 is 5.35. The first-order chi connectivity index (χ1) is 10.8. The lowest BCUT2D eigenvalue weighted by molar-refractivity contribution is 0.143. The highest BCUT2D eigenvalue weighted by atomic mass is 28.3. The summed E-state index contributed by atoms with van der Waals surface area (Å²) in [7, 11) is -0.971. The lowest BCUT2D eigenvalue weighted by Gasteiger charge is -2.30. The summed E-state index contributed by atoms with van der Waals surface area (Å²) in [5.74, 6) is 3.47. The predicted molar refractivity (Wildman–Crippen MR) is 101 cm³/mol. The Labute approximate surface area is 140 Å². The molecule has 0 amide bonds. The third-order valence-electron chi connectivity index (χ3n) is 4.89. The van der Waals surface area contributed by atoms with E-state index in [-0.39, 0.29) is 0 Å². The number of hydrogen-bond acceptors (Lipinski definition) is 1. The predicted octanol–water partition coefficient (Wildman–Crippen LogP) is 6.34. The molecule has 0 saturated carbocycles. The van der Waals surface area contributed by atoms with Crippen molar-refractivity contribution in [1.29, 1.82) is 0 Å². The van der Waals surface area contributed by atoms with E-state index >= 15 is 0 Å². The first kappa shape index (κ1) is 19.8. The molecule has 0 aromatic rings. The monoisotopic (exact) mass is 322 g/mol. The summed E-state index contributed by atoms with van der Waals surface area (Å²) in [5, 5.41) is 0. The average Bonchev–Trinajstić information content (AvgIpc) is 2.49. The van der Waals surface area contributed by atoms with Crippen LogP contribution < -0.4 is 0 Å². The van der Waals surface area contributed by atoms with Gasteiger partial charge in [0.15, 0.2) is 0 Å². The van der Waals surface area contributed by atoms with Crippen LogP contribution >= 0.6 is 0 Å². The molecule has 0 N–H and O–H groups in total. The maximum atomic E-state index is 5.35. The molecule has 1 aliphatic heterocycles. The van der Waals surface area contributed by atoms with Crippen molar-refractivity contribution in [3.05, 3.63) is 0 Å². The van der Waals surface area contributed by atoms with Crippen LogP contribution in [0.3, 0.4) is 0 Å². The molecule has 1 heterocycles. The van der Waals surface area contributed by atoms with Crippen molar-refractivity contribution in [2.45, 2.75) is 103 Å². The van der Waals surface area contributed by atoms with Gasteiger partial charge in [0.2, 0.25) is 0 Å². The Morgan fingerprint density at radius 3 is 1.86 bits per heavy atom. The minimum Gasteiger partial charge on any atom is -0.382 e. The highest BCUT2D eigenvalue weighted by molar-refractivity contribution is 6.88. The molecule has 1 fully saturated rings. The summed E-state index contributed by atoms with van der Waals surface area (Å²) in [6.45, 7) is 6.36. The van der Waals surface area contributed by atoms with E-state index in [9.17, 15) is 0 Å². The summed E-state index contributed by atoms with van der Waals surface area (Å²) in [6.07, 6.45) is 16.4. The van der Waals surface area contributed by atoms with Crippen LogP contribution in [0.1, 0.15) is 84.0 Å². The molecule has 2 heteroatoms. The average molecular weight is 323 g/mol. The zero-order chi connectivity index (χ0) is 15.9. The van der Waals surface area contributed by atoms with E-state index in [1.54, 1.807) is 0 Å². The third kappa shape index (κ3) is 10.5. The fourth-order valence-electron chi connectivity index (χ4n) is 3.08. The molecular formula is C20H38OSi. The molecule has 0 unspecified atom stereocenters. The van der Waals surface area contributed by atoms with Crippen molar-refractivity contribution in [2.75, 3.05) is 13.2 Å². The van der Waals surface area contributed by atoms with Gasteiger partial charge in [0, 0.05) is 19.6 Å². The Bertz CT molecular complexity index is 311. The molecule has 0 aromatic heterocycles. The van der Waals surface area contributed by atoms with Gasteiger partial charge in [-0.05, 0) is 31.9 Å². The fourth-order valence-corrected chi connectivity index (χ4v) is 5.30. The van der Waals surface area contributed by atoms with Crippen molar-refractivity contribution in [3.8, 4) is 11.5 Å². The van der Waals surface area contributed by atoms with Gasteiger partial charge < -0.3 is 4.74 Å². The first-order valence-corrected chi connectivity index (χ1v) is 12.8. The number of ether oxygens (including phenoxy) is 1. The summed E-state index contributed by atoms with van der Waals surface area (Å²) in [4.78, 5) is 0. The van der Waals surface area contributed by atoms with E-state index in [0.717, 1.165) is 19.6 Å². The summed E-state index contributed by atoms with van der Waals surface area (Å²) >= 11 is 0. The second-order valence-electron chi connectivity index (χ2n) is 7.20. The van der Waals surface area contributed by atoms with Gasteiger partial charge in [0.1, 0.15) is 8.07 Å². The largest absolute Gasteiger partial charge is 0.382 e. The molecule has 0 spiro atoms. The highest BCUT2D eigenvalue weighted by Crippen LogP contribution is 2.31. The Balaban J connectivity index is 1.73. The molecular weight excluding hydrogens is 284 g/mol. The highest BCUT2D eigenvalue weighted by Gasteiger charge is 2.32. The van der Waals surface area contributed by atoms with Crippen molar-refractivity contribution in [1.82, 2.24) is 0 Å². The van der Waals surface area contributed by atoms with E-state index in [4.69, 9.17) is 4.74 Å². The van der Waals surface area contributed by atoms with E-state index in [2.05, 4.69) is 24.9 Å². The van der Waals surface area contributed by atoms with Gasteiger partial charge in [-0.15, -0.1) is 11.5 Å². The Hall–Kier alpha value is -0.263. The Morgan fingerprint density at radius 1 is 0.818 bits per heavy atom. The zero-order valence-electron chi connectivity index (χ0n) is 15.2. The van der Waals surface area contributed by atoms with Gasteiger partial charge in [-0.2, -0.15) is 0 Å². The van der Waals surface area contributed by atoms with Crippen molar-refractivity contribution in [3.63, 3.8) is 0 Å². The van der Waals surface area contributed by atoms with Crippen molar-refractivity contribution >= 4 is 8.07 Å². The normalized spacial score (nSPS) is 15.9. The Kier molecular flexibility index (Phi) is 11.9. The second-order valence-corrected chi connectivity index (χ2v) is 11.6. The topological polar surface area (TPSA) is 9.23 Å². The molecule has 1 aliphatic rings. The molecule has 1 rings (SSSR count). The Morgan fingerprint density at radius 2 is 1.36 bits per heavy atom. The van der Waals surface area contributed by atoms with Gasteiger partial charge >= 0.3 is 0 Å². The molecule has 128 valence electrons. The maximum absolute atomic E-state index is 5.35. The number of rotatable bonds is 13. The molecule has 1 nitrogen and oxygen atoms in total. The summed E-state index contributed by atoms with van der Waals surface area (Å²) in [5.41, 5.74) is 3.62. The van der Waals surface area contributed by atoms with Crippen LogP contribution in [0.5, 0.6) is 0 Å². The molecule has 0 atom stereocenters. The minimum absolute atomic E-state index is 0.868. The smallest absolute Gasteiger partial charge is 0.135 e. The third-order valence-corrected chi connectivity index (χ3v) is 8.59. The number of hydrogen-bond donors (Lipinski definition) is 0. The van der Waals surface area contributed by atoms with Gasteiger partial charge in [-0.1, -0.05) is 64.3 Å². The number of unbranched alkanes of at least 4 members (excludes halogenated alkanes) is 10. The minimum atomic E-state index is -0.971. The van der Waals surface area contributed by atoms with Gasteiger partial charge in [0.25, 0.3) is 0 Å². The van der Waals surface area contributed by atoms with Crippen LogP contribution in [0.2, 0.25) is 18.6 Å². The molecule has 22 heavy (non-hydrogen) atoms. The molecule has 0 aromatic carbocycles. The summed E-state index contributed by atoms with van der Waals surface area (Å²) in [6, 6.07) is 2.93. The van der Waals surface area contributed by atoms with Crippen LogP contribution in [0.15, 0.2) is 0 Å². The van der Waals surface area contributed by atoms with Gasteiger partial charge in [-0.3, -0.25) is 0 Å².